The third-order valence-electron chi connectivity index (χ3n) is 12.8. The van der Waals surface area contributed by atoms with Gasteiger partial charge in [0.2, 0.25) is 11.8 Å². The van der Waals surface area contributed by atoms with E-state index in [2.05, 4.69) is 45.6 Å². The number of halogens is 4. The number of amides is 2. The second-order valence-electron chi connectivity index (χ2n) is 19.0. The van der Waals surface area contributed by atoms with Crippen LogP contribution >= 0.6 is 46.4 Å². The summed E-state index contributed by atoms with van der Waals surface area (Å²) in [5.74, 6) is 0.362. The van der Waals surface area contributed by atoms with Gasteiger partial charge in [0.1, 0.15) is 11.6 Å². The first-order valence-corrected chi connectivity index (χ1v) is 25.9. The second kappa shape index (κ2) is 37.1. The first-order chi connectivity index (χ1) is 31.1. The van der Waals surface area contributed by atoms with Gasteiger partial charge in [0.05, 0.1) is 34.3 Å². The number of carboxylic acid groups (broad SMARTS) is 2. The molecular weight excluding hydrogens is 932 g/mol. The smallest absolute Gasteiger partial charge is 0.307 e. The lowest BCUT2D eigenvalue weighted by Crippen LogP contribution is -2.48. The van der Waals surface area contributed by atoms with Crippen LogP contribution in [0.1, 0.15) is 90.9 Å². The molecule has 0 saturated carbocycles. The highest BCUT2D eigenvalue weighted by Crippen LogP contribution is 2.23. The zero-order valence-electron chi connectivity index (χ0n) is 41.8. The third-order valence-corrected chi connectivity index (χ3v) is 12.8. The summed E-state index contributed by atoms with van der Waals surface area (Å²) in [4.78, 5) is 81.8. The molecule has 6 fully saturated rings. The molecule has 0 bridgehead atoms. The fourth-order valence-electron chi connectivity index (χ4n) is 9.10. The zero-order chi connectivity index (χ0) is 50.4. The quantitative estimate of drug-likeness (QED) is 0.291. The van der Waals surface area contributed by atoms with Crippen molar-refractivity contribution in [2.45, 2.75) is 90.9 Å². The van der Waals surface area contributed by atoms with Gasteiger partial charge in [0, 0.05) is 71.7 Å². The van der Waals surface area contributed by atoms with E-state index in [1.54, 1.807) is 18.7 Å². The van der Waals surface area contributed by atoms with Crippen molar-refractivity contribution < 1.29 is 39.0 Å². The van der Waals surface area contributed by atoms with Crippen molar-refractivity contribution in [3.8, 4) is 0 Å². The second-order valence-corrected chi connectivity index (χ2v) is 20.6. The lowest BCUT2D eigenvalue weighted by Gasteiger charge is -2.36. The summed E-state index contributed by atoms with van der Waals surface area (Å²) in [7, 11) is 13.8. The SMILES string of the molecule is CC(=O)C1CCCN(C(=O)C2CCCN(C)C2)C1.CC(=O)C1CCCN(C)C1.CN1CCCC(C(=O)N(C)C)C1.CN1CCCC(C(=O)O)C1.CN1CCCC(C(=O)O)C1.ClCCl.ClCCl. The number of hydrogen-bond donors (Lipinski definition) is 2. The van der Waals surface area contributed by atoms with Gasteiger partial charge in [-0.1, -0.05) is 0 Å². The molecule has 0 aliphatic carbocycles. The van der Waals surface area contributed by atoms with Crippen LogP contribution in [-0.4, -0.2) is 218 Å². The molecule has 6 aliphatic heterocycles. The monoisotopic (exact) mass is 1020 g/mol. The number of carboxylic acids is 2. The number of nitrogens with zero attached hydrogens (tertiary/aromatic N) is 7. The van der Waals surface area contributed by atoms with Crippen LogP contribution in [0.2, 0.25) is 0 Å². The summed E-state index contributed by atoms with van der Waals surface area (Å²) in [6.07, 6.45) is 12.3. The van der Waals surface area contributed by atoms with E-state index in [1.165, 1.54) is 6.42 Å². The Balaban J connectivity index is 0.000000791. The number of aliphatic carboxylic acids is 2. The van der Waals surface area contributed by atoms with Gasteiger partial charge in [0.25, 0.3) is 0 Å². The Kier molecular flexibility index (Phi) is 36.0. The molecule has 6 atom stereocenters. The van der Waals surface area contributed by atoms with Crippen LogP contribution in [-0.2, 0) is 28.8 Å². The molecule has 0 aromatic carbocycles. The molecule has 6 heterocycles. The fourth-order valence-corrected chi connectivity index (χ4v) is 9.10. The van der Waals surface area contributed by atoms with Crippen molar-refractivity contribution in [1.29, 1.82) is 0 Å². The Morgan fingerprint density at radius 2 is 0.697 bits per heavy atom. The van der Waals surface area contributed by atoms with E-state index in [0.29, 0.717) is 18.2 Å². The zero-order valence-corrected chi connectivity index (χ0v) is 44.9. The number of Topliss-reactive ketones (excluding diaryl/α,β-unsaturated/α-hetero) is 2. The summed E-state index contributed by atoms with van der Waals surface area (Å²) in [6.45, 7) is 14.5. The molecule has 386 valence electrons. The number of ketones is 2. The lowest BCUT2D eigenvalue weighted by atomic mass is 9.91. The molecule has 6 unspecified atom stereocenters. The van der Waals surface area contributed by atoms with Crippen molar-refractivity contribution in [3.05, 3.63) is 0 Å². The van der Waals surface area contributed by atoms with E-state index in [0.717, 1.165) is 143 Å². The minimum atomic E-state index is -0.647. The van der Waals surface area contributed by atoms with Gasteiger partial charge in [0.15, 0.2) is 0 Å². The largest absolute Gasteiger partial charge is 0.481 e. The number of carbonyl (C=O) groups excluding carboxylic acids is 4. The van der Waals surface area contributed by atoms with Crippen LogP contribution in [0.25, 0.3) is 0 Å². The van der Waals surface area contributed by atoms with E-state index >= 15 is 0 Å². The van der Waals surface area contributed by atoms with Gasteiger partial charge in [-0.3, -0.25) is 28.8 Å². The predicted molar refractivity (Wildman–Crippen MR) is 269 cm³/mol. The van der Waals surface area contributed by atoms with Gasteiger partial charge in [-0.05, 0) is 159 Å². The molecule has 6 saturated heterocycles. The minimum Gasteiger partial charge on any atom is -0.481 e. The average Bonchev–Trinajstić information content (AvgIpc) is 3.27. The van der Waals surface area contributed by atoms with Crippen LogP contribution < -0.4 is 0 Å². The van der Waals surface area contributed by atoms with Crippen molar-refractivity contribution in [1.82, 2.24) is 34.3 Å². The van der Waals surface area contributed by atoms with Gasteiger partial charge in [-0.25, -0.2) is 0 Å². The Bertz CT molecular complexity index is 1330. The maximum absolute atomic E-state index is 12.5. The molecule has 2 amide bonds. The highest BCUT2D eigenvalue weighted by Gasteiger charge is 2.32. The number of alkyl halides is 4. The minimum absolute atomic E-state index is 0.0732. The fraction of sp³-hybridized carbons (Fsp3) is 0.872. The van der Waals surface area contributed by atoms with Crippen molar-refractivity contribution >= 4 is 81.7 Å². The molecule has 0 spiro atoms. The van der Waals surface area contributed by atoms with Gasteiger partial charge in [-0.15, -0.1) is 46.4 Å². The summed E-state index contributed by atoms with van der Waals surface area (Å²) < 4.78 is 0. The van der Waals surface area contributed by atoms with E-state index in [1.807, 2.05) is 33.1 Å². The maximum atomic E-state index is 12.5. The molecule has 6 rings (SSSR count). The highest BCUT2D eigenvalue weighted by atomic mass is 35.5. The van der Waals surface area contributed by atoms with Crippen LogP contribution in [0, 0.1) is 35.5 Å². The Hall–Kier alpha value is -1.82. The number of piperidine rings is 6. The van der Waals surface area contributed by atoms with Crippen LogP contribution in [0.3, 0.4) is 0 Å². The van der Waals surface area contributed by atoms with Gasteiger partial charge < -0.3 is 44.5 Å². The summed E-state index contributed by atoms with van der Waals surface area (Å²) in [5, 5.41) is 17.6. The maximum Gasteiger partial charge on any atom is 0.307 e. The number of rotatable bonds is 6. The van der Waals surface area contributed by atoms with Crippen molar-refractivity contribution in [2.24, 2.45) is 35.5 Å². The van der Waals surface area contributed by atoms with Crippen LogP contribution in [0.5, 0.6) is 0 Å². The average molecular weight is 1020 g/mol. The van der Waals surface area contributed by atoms with Gasteiger partial charge >= 0.3 is 11.9 Å². The van der Waals surface area contributed by atoms with Crippen LogP contribution in [0.4, 0.5) is 0 Å². The standard InChI is InChI=1S/C14H24N2O2.C9H18N2O.C8H15NO.2C7H13NO2.2CH2Cl2/c1-11(17)12-5-4-8-16(10-12)14(18)13-6-3-7-15(2)9-13;1-10(2)9(12)8-5-4-6-11(3)7-8;1-7(10)8-4-3-5-9(2)6-8;2*1-8-4-2-3-6(5-8)7(9)10;2*2-1-3/h12-13H,3-10H2,1-2H3;8H,4-7H2,1-3H3;8H,3-6H2,1-2H3;2*6H,2-5H2,1H3,(H,9,10);2*1H2. The van der Waals surface area contributed by atoms with E-state index in [-0.39, 0.29) is 57.9 Å². The Labute approximate surface area is 418 Å². The molecule has 6 aliphatic rings. The molecular formula is C47H87Cl4N7O8. The normalized spacial score (nSPS) is 26.3. The third kappa shape index (κ3) is 28.6. The van der Waals surface area contributed by atoms with Crippen molar-refractivity contribution in [2.75, 3.05) is 139 Å². The molecule has 0 aromatic rings. The number of hydrogen-bond acceptors (Lipinski definition) is 11. The van der Waals surface area contributed by atoms with Gasteiger partial charge in [-0.2, -0.15) is 0 Å². The Morgan fingerprint density at radius 1 is 0.439 bits per heavy atom. The van der Waals surface area contributed by atoms with E-state index in [9.17, 15) is 28.8 Å². The molecule has 2 N–H and O–H groups in total. The summed E-state index contributed by atoms with van der Waals surface area (Å²) in [6, 6.07) is 0. The van der Waals surface area contributed by atoms with Crippen LogP contribution in [0.15, 0.2) is 0 Å². The molecule has 19 heteroatoms. The highest BCUT2D eigenvalue weighted by molar-refractivity contribution is 6.41. The van der Waals surface area contributed by atoms with E-state index < -0.39 is 11.9 Å². The van der Waals surface area contributed by atoms with E-state index in [4.69, 9.17) is 56.6 Å². The first-order valence-electron chi connectivity index (χ1n) is 23.7. The molecule has 15 nitrogen and oxygen atoms in total. The molecule has 0 radical (unpaired) electrons. The summed E-state index contributed by atoms with van der Waals surface area (Å²) >= 11 is 19.1. The lowest BCUT2D eigenvalue weighted by molar-refractivity contribution is -0.144. The Morgan fingerprint density at radius 3 is 0.985 bits per heavy atom. The molecule has 66 heavy (non-hydrogen) atoms. The first kappa shape index (κ1) is 64.2. The number of likely N-dealkylation sites (tertiary alicyclic amines) is 6. The predicted octanol–water partition coefficient (Wildman–Crippen LogP) is 6.16. The topological polar surface area (TPSA) is 166 Å². The number of carbonyl (C=O) groups is 6. The van der Waals surface area contributed by atoms with Crippen molar-refractivity contribution in [3.63, 3.8) is 0 Å². The summed E-state index contributed by atoms with van der Waals surface area (Å²) in [5.41, 5.74) is 0. The molecule has 0 aromatic heterocycles.